The van der Waals surface area contributed by atoms with Crippen molar-refractivity contribution in [1.82, 2.24) is 28.9 Å². The van der Waals surface area contributed by atoms with Gasteiger partial charge in [-0.2, -0.15) is 0 Å². The van der Waals surface area contributed by atoms with E-state index in [1.807, 2.05) is 16.7 Å². The van der Waals surface area contributed by atoms with Crippen LogP contribution in [0.5, 0.6) is 0 Å². The van der Waals surface area contributed by atoms with E-state index in [9.17, 15) is 8.42 Å². The lowest BCUT2D eigenvalue weighted by molar-refractivity contribution is 0.449. The first-order valence-electron chi connectivity index (χ1n) is 8.75. The van der Waals surface area contributed by atoms with Crippen molar-refractivity contribution in [3.8, 4) is 0 Å². The summed E-state index contributed by atoms with van der Waals surface area (Å²) >= 11 is 0. The fourth-order valence-electron chi connectivity index (χ4n) is 3.96. The lowest BCUT2D eigenvalue weighted by atomic mass is 9.93. The molecule has 2 atom stereocenters. The van der Waals surface area contributed by atoms with Crippen LogP contribution < -0.4 is 0 Å². The summed E-state index contributed by atoms with van der Waals surface area (Å²) in [6, 6.07) is 1.96. The number of nitrogens with one attached hydrogen (secondary N) is 1. The number of aromatic nitrogens is 5. The molecule has 0 radical (unpaired) electrons. The van der Waals surface area contributed by atoms with E-state index in [4.69, 9.17) is 0 Å². The minimum atomic E-state index is -3.16. The molecule has 2 fully saturated rings. The zero-order chi connectivity index (χ0) is 17.2. The maximum Gasteiger partial charge on any atom is 0.217 e. The fourth-order valence-corrected chi connectivity index (χ4v) is 5.88. The third-order valence-electron chi connectivity index (χ3n) is 5.54. The van der Waals surface area contributed by atoms with Crippen molar-refractivity contribution >= 4 is 26.8 Å². The zero-order valence-corrected chi connectivity index (χ0v) is 14.8. The minimum absolute atomic E-state index is 0.0500. The first-order valence-corrected chi connectivity index (χ1v) is 10.3. The second kappa shape index (κ2) is 5.25. The SMILES string of the molecule is CC[C@@H]1CN(S(=O)(=O)C2CC2)C[C@@H]1c1nnc2cnc3[nH]ccc3n12. The molecular formula is C16H20N6O2S. The van der Waals surface area contributed by atoms with Gasteiger partial charge in [0.25, 0.3) is 0 Å². The standard InChI is InChI=1S/C16H20N6O2S/c1-2-10-8-21(25(23,24)11-3-4-11)9-12(10)16-20-19-14-7-18-15-13(22(14)16)5-6-17-15/h5-7,10-12,17H,2-4,8-9H2,1H3/t10-,12+/m1/s1. The summed E-state index contributed by atoms with van der Waals surface area (Å²) in [5.74, 6) is 1.14. The number of H-pyrrole nitrogens is 1. The van der Waals surface area contributed by atoms with Crippen molar-refractivity contribution in [3.05, 3.63) is 24.3 Å². The van der Waals surface area contributed by atoms with E-state index >= 15 is 0 Å². The summed E-state index contributed by atoms with van der Waals surface area (Å²) in [5.41, 5.74) is 2.40. The summed E-state index contributed by atoms with van der Waals surface area (Å²) in [7, 11) is -3.16. The van der Waals surface area contributed by atoms with Crippen molar-refractivity contribution in [1.29, 1.82) is 0 Å². The van der Waals surface area contributed by atoms with Gasteiger partial charge in [-0.25, -0.2) is 17.7 Å². The van der Waals surface area contributed by atoms with E-state index in [-0.39, 0.29) is 17.1 Å². The van der Waals surface area contributed by atoms with Crippen LogP contribution in [0.4, 0.5) is 0 Å². The Bertz CT molecular complexity index is 1050. The van der Waals surface area contributed by atoms with Crippen molar-refractivity contribution in [2.75, 3.05) is 13.1 Å². The monoisotopic (exact) mass is 360 g/mol. The molecule has 25 heavy (non-hydrogen) atoms. The quantitative estimate of drug-likeness (QED) is 0.761. The Labute approximate surface area is 145 Å². The highest BCUT2D eigenvalue weighted by Crippen LogP contribution is 2.40. The van der Waals surface area contributed by atoms with E-state index in [0.717, 1.165) is 36.3 Å². The molecule has 8 nitrogen and oxygen atoms in total. The maximum atomic E-state index is 12.7. The van der Waals surface area contributed by atoms with Crippen LogP contribution in [0.25, 0.3) is 16.8 Å². The molecule has 3 aromatic rings. The van der Waals surface area contributed by atoms with Crippen LogP contribution >= 0.6 is 0 Å². The van der Waals surface area contributed by atoms with E-state index in [1.165, 1.54) is 0 Å². The van der Waals surface area contributed by atoms with Crippen molar-refractivity contribution in [3.63, 3.8) is 0 Å². The zero-order valence-electron chi connectivity index (χ0n) is 14.0. The molecule has 132 valence electrons. The average Bonchev–Trinajstić information content (AvgIpc) is 3.05. The van der Waals surface area contributed by atoms with Gasteiger partial charge in [-0.05, 0) is 24.8 Å². The van der Waals surface area contributed by atoms with Gasteiger partial charge in [0.15, 0.2) is 11.3 Å². The third kappa shape index (κ3) is 2.22. The molecular weight excluding hydrogens is 340 g/mol. The van der Waals surface area contributed by atoms with Crippen LogP contribution in [0, 0.1) is 5.92 Å². The maximum absolute atomic E-state index is 12.7. The van der Waals surface area contributed by atoms with Gasteiger partial charge in [-0.3, -0.25) is 4.40 Å². The van der Waals surface area contributed by atoms with Crippen LogP contribution in [-0.4, -0.2) is 55.6 Å². The molecule has 0 unspecified atom stereocenters. The van der Waals surface area contributed by atoms with Crippen molar-refractivity contribution < 1.29 is 8.42 Å². The summed E-state index contributed by atoms with van der Waals surface area (Å²) in [5, 5.41) is 8.52. The first kappa shape index (κ1) is 15.3. The molecule has 9 heteroatoms. The summed E-state index contributed by atoms with van der Waals surface area (Å²) < 4.78 is 29.0. The highest BCUT2D eigenvalue weighted by atomic mass is 32.2. The highest BCUT2D eigenvalue weighted by molar-refractivity contribution is 7.90. The predicted octanol–water partition coefficient (Wildman–Crippen LogP) is 1.52. The molecule has 2 aliphatic rings. The molecule has 0 bridgehead atoms. The number of rotatable bonds is 4. The smallest absolute Gasteiger partial charge is 0.217 e. The topological polar surface area (TPSA) is 96.2 Å². The van der Waals surface area contributed by atoms with Crippen LogP contribution in [0.3, 0.4) is 0 Å². The van der Waals surface area contributed by atoms with Gasteiger partial charge in [0.1, 0.15) is 5.82 Å². The molecule has 4 heterocycles. The second-order valence-corrected chi connectivity index (χ2v) is 9.27. The molecule has 1 saturated heterocycles. The summed E-state index contributed by atoms with van der Waals surface area (Å²) in [6.07, 6.45) is 6.05. The van der Waals surface area contributed by atoms with Crippen molar-refractivity contribution in [2.24, 2.45) is 5.92 Å². The van der Waals surface area contributed by atoms with Gasteiger partial charge in [0.2, 0.25) is 10.0 Å². The van der Waals surface area contributed by atoms with E-state index < -0.39 is 10.0 Å². The number of nitrogens with zero attached hydrogens (tertiary/aromatic N) is 5. The average molecular weight is 360 g/mol. The Morgan fingerprint density at radius 1 is 1.28 bits per heavy atom. The lowest BCUT2D eigenvalue weighted by Crippen LogP contribution is -2.32. The van der Waals surface area contributed by atoms with Gasteiger partial charge >= 0.3 is 0 Å². The van der Waals surface area contributed by atoms with Crippen molar-refractivity contribution in [2.45, 2.75) is 37.4 Å². The normalized spacial score (nSPS) is 25.3. The Balaban J connectivity index is 1.60. The van der Waals surface area contributed by atoms with Gasteiger partial charge in [0.05, 0.1) is 17.0 Å². The summed E-state index contributed by atoms with van der Waals surface area (Å²) in [4.78, 5) is 7.46. The van der Waals surface area contributed by atoms with Crippen LogP contribution in [0.2, 0.25) is 0 Å². The summed E-state index contributed by atoms with van der Waals surface area (Å²) in [6.45, 7) is 3.18. The minimum Gasteiger partial charge on any atom is -0.345 e. The predicted molar refractivity (Wildman–Crippen MR) is 92.7 cm³/mol. The third-order valence-corrected chi connectivity index (χ3v) is 7.87. The number of hydrogen-bond acceptors (Lipinski definition) is 5. The Hall–Kier alpha value is -2.00. The molecule has 3 aromatic heterocycles. The molecule has 5 rings (SSSR count). The molecule has 0 aromatic carbocycles. The highest BCUT2D eigenvalue weighted by Gasteiger charge is 2.46. The van der Waals surface area contributed by atoms with Crippen LogP contribution in [0.1, 0.15) is 37.9 Å². The number of hydrogen-bond donors (Lipinski definition) is 1. The Morgan fingerprint density at radius 2 is 2.12 bits per heavy atom. The molecule has 1 saturated carbocycles. The van der Waals surface area contributed by atoms with Crippen LogP contribution in [0.15, 0.2) is 18.5 Å². The Morgan fingerprint density at radius 3 is 2.88 bits per heavy atom. The molecule has 0 spiro atoms. The first-order chi connectivity index (χ1) is 12.1. The second-order valence-electron chi connectivity index (χ2n) is 7.06. The van der Waals surface area contributed by atoms with Gasteiger partial charge in [-0.15, -0.1) is 10.2 Å². The number of sulfonamides is 1. The van der Waals surface area contributed by atoms with Gasteiger partial charge in [0, 0.05) is 25.2 Å². The van der Waals surface area contributed by atoms with E-state index in [0.29, 0.717) is 18.7 Å². The number of aromatic amines is 1. The fraction of sp³-hybridized carbons (Fsp3) is 0.562. The Kier molecular flexibility index (Phi) is 3.21. The van der Waals surface area contributed by atoms with E-state index in [2.05, 4.69) is 27.1 Å². The van der Waals surface area contributed by atoms with Gasteiger partial charge in [-0.1, -0.05) is 13.3 Å². The molecule has 1 N–H and O–H groups in total. The molecule has 1 aliphatic carbocycles. The van der Waals surface area contributed by atoms with Crippen LogP contribution in [-0.2, 0) is 10.0 Å². The van der Waals surface area contributed by atoms with Gasteiger partial charge < -0.3 is 4.98 Å². The number of fused-ring (bicyclic) bond motifs is 3. The van der Waals surface area contributed by atoms with E-state index in [1.54, 1.807) is 10.5 Å². The largest absolute Gasteiger partial charge is 0.345 e. The lowest BCUT2D eigenvalue weighted by Gasteiger charge is -2.15. The molecule has 1 aliphatic heterocycles. The molecule has 0 amide bonds.